The Labute approximate surface area is 225 Å². The van der Waals surface area contributed by atoms with Crippen LogP contribution in [0.25, 0.3) is 0 Å². The molecule has 4 N–H and O–H groups in total. The third kappa shape index (κ3) is 5.92. The van der Waals surface area contributed by atoms with Crippen molar-refractivity contribution < 1.29 is 28.9 Å². The van der Waals surface area contributed by atoms with Gasteiger partial charge in [-0.15, -0.1) is 0 Å². The number of ether oxygens (including phenoxy) is 1. The molecule has 0 spiro atoms. The van der Waals surface area contributed by atoms with Crippen molar-refractivity contribution in [2.75, 3.05) is 19.0 Å². The maximum atomic E-state index is 13.7. The van der Waals surface area contributed by atoms with E-state index in [0.29, 0.717) is 23.6 Å². The Kier molecular flexibility index (Phi) is 8.54. The molecule has 38 heavy (non-hydrogen) atoms. The molecule has 0 aliphatic heterocycles. The van der Waals surface area contributed by atoms with Crippen molar-refractivity contribution in [3.05, 3.63) is 99.5 Å². The number of amidine groups is 1. The Balaban J connectivity index is 1.63. The number of carbonyl (C=O) groups excluding carboxylic acids is 1. The first-order valence-corrected chi connectivity index (χ1v) is 12.2. The number of hydrogen-bond acceptors (Lipinski definition) is 8. The van der Waals surface area contributed by atoms with E-state index in [9.17, 15) is 19.5 Å². The summed E-state index contributed by atoms with van der Waals surface area (Å²) in [6.07, 6.45) is 0.321. The first-order chi connectivity index (χ1) is 18.4. The van der Waals surface area contributed by atoms with Crippen molar-refractivity contribution in [2.45, 2.75) is 12.3 Å². The number of oxime groups is 1. The summed E-state index contributed by atoms with van der Waals surface area (Å²) in [4.78, 5) is 12.6. The molecular weight excluding hydrogens is 561 g/mol. The van der Waals surface area contributed by atoms with Gasteiger partial charge >= 0.3 is 0 Å². The second-order valence-corrected chi connectivity index (χ2v) is 8.91. The van der Waals surface area contributed by atoms with Gasteiger partial charge < -0.3 is 25.7 Å². The highest BCUT2D eigenvalue weighted by Gasteiger charge is 2.29. The van der Waals surface area contributed by atoms with Crippen molar-refractivity contribution in [3.8, 4) is 11.5 Å². The topological polar surface area (TPSA) is 142 Å². The molecule has 0 radical (unpaired) electrons. The van der Waals surface area contributed by atoms with E-state index in [4.69, 9.17) is 9.37 Å². The summed E-state index contributed by atoms with van der Waals surface area (Å²) in [5.41, 5.74) is 1.72. The molecule has 0 saturated carbocycles. The van der Waals surface area contributed by atoms with Gasteiger partial charge in [-0.25, -0.2) is 9.02 Å². The number of aromatic nitrogens is 2. The molecule has 12 heteroatoms. The highest BCUT2D eigenvalue weighted by molar-refractivity contribution is 9.10. The Morgan fingerprint density at radius 2 is 1.92 bits per heavy atom. The van der Waals surface area contributed by atoms with E-state index in [0.717, 1.165) is 5.56 Å². The highest BCUT2D eigenvalue weighted by atomic mass is 79.9. The Morgan fingerprint density at radius 3 is 2.66 bits per heavy atom. The van der Waals surface area contributed by atoms with Gasteiger partial charge in [0.15, 0.2) is 5.69 Å². The molecule has 0 aliphatic rings. The summed E-state index contributed by atoms with van der Waals surface area (Å²) >= 11 is 3.12. The van der Waals surface area contributed by atoms with Gasteiger partial charge in [0.05, 0.1) is 17.1 Å². The molecule has 1 amide bonds. The zero-order valence-corrected chi connectivity index (χ0v) is 21.6. The minimum atomic E-state index is -0.518. The van der Waals surface area contributed by atoms with Crippen LogP contribution in [-0.2, 0) is 0 Å². The number of halogens is 2. The first-order valence-electron chi connectivity index (χ1n) is 11.4. The van der Waals surface area contributed by atoms with Crippen LogP contribution in [0.2, 0.25) is 0 Å². The molecule has 0 saturated heterocycles. The molecule has 0 aliphatic carbocycles. The normalized spacial score (nSPS) is 12.1. The molecule has 3 aromatic carbocycles. The zero-order valence-electron chi connectivity index (χ0n) is 20.1. The molecular formula is C26H23BrFN5O5. The van der Waals surface area contributed by atoms with Crippen molar-refractivity contribution in [2.24, 2.45) is 5.16 Å². The van der Waals surface area contributed by atoms with Gasteiger partial charge in [-0.3, -0.25) is 4.79 Å². The predicted octanol–water partition coefficient (Wildman–Crippen LogP) is 4.89. The standard InChI is InChI=1S/C26H23BrFN5O5/c1-37-22-9-5-3-6-16(22)17(12-13-29-26(35)18-7-2-4-8-21(18)34)23-24(33-38-32-23)25(31-36)30-15-10-11-20(28)19(27)14-15/h2-11,14,17,34,36H,12-13H2,1H3,(H,29,35)(H,30,31). The van der Waals surface area contributed by atoms with Crippen LogP contribution in [0.4, 0.5) is 10.1 Å². The van der Waals surface area contributed by atoms with Crippen molar-refractivity contribution in [1.82, 2.24) is 15.6 Å². The summed E-state index contributed by atoms with van der Waals surface area (Å²) in [5, 5.41) is 36.8. The van der Waals surface area contributed by atoms with Gasteiger partial charge in [-0.2, -0.15) is 0 Å². The minimum Gasteiger partial charge on any atom is -0.507 e. The zero-order chi connectivity index (χ0) is 27.1. The van der Waals surface area contributed by atoms with Gasteiger partial charge in [0.25, 0.3) is 5.91 Å². The number of rotatable bonds is 9. The van der Waals surface area contributed by atoms with Crippen LogP contribution in [-0.4, -0.2) is 46.0 Å². The number of carbonyl (C=O) groups is 1. The van der Waals surface area contributed by atoms with E-state index in [1.54, 1.807) is 18.2 Å². The van der Waals surface area contributed by atoms with Crippen LogP contribution in [0.15, 0.2) is 81.0 Å². The third-order valence-corrected chi connectivity index (χ3v) is 6.34. The summed E-state index contributed by atoms with van der Waals surface area (Å²) in [7, 11) is 1.53. The molecule has 1 unspecified atom stereocenters. The number of methoxy groups -OCH3 is 1. The monoisotopic (exact) mass is 583 g/mol. The fourth-order valence-electron chi connectivity index (χ4n) is 3.92. The van der Waals surface area contributed by atoms with Gasteiger partial charge in [-0.1, -0.05) is 40.6 Å². The lowest BCUT2D eigenvalue weighted by molar-refractivity contribution is 0.0950. The van der Waals surface area contributed by atoms with Crippen LogP contribution < -0.4 is 15.4 Å². The number of hydrogen-bond donors (Lipinski definition) is 4. The van der Waals surface area contributed by atoms with Crippen LogP contribution in [0, 0.1) is 5.82 Å². The van der Waals surface area contributed by atoms with Gasteiger partial charge in [-0.05, 0) is 63.9 Å². The summed E-state index contributed by atoms with van der Waals surface area (Å²) in [6.45, 7) is 0.187. The van der Waals surface area contributed by atoms with E-state index in [-0.39, 0.29) is 33.9 Å². The van der Waals surface area contributed by atoms with Gasteiger partial charge in [0, 0.05) is 23.7 Å². The number of amides is 1. The first kappa shape index (κ1) is 26.6. The fourth-order valence-corrected chi connectivity index (χ4v) is 4.29. The van der Waals surface area contributed by atoms with Crippen molar-refractivity contribution in [3.63, 3.8) is 0 Å². The number of para-hydroxylation sites is 2. The number of phenolic OH excluding ortho intramolecular Hbond substituents is 1. The lowest BCUT2D eigenvalue weighted by atomic mass is 9.90. The maximum absolute atomic E-state index is 13.7. The lowest BCUT2D eigenvalue weighted by Crippen LogP contribution is -2.26. The predicted molar refractivity (Wildman–Crippen MR) is 140 cm³/mol. The van der Waals surface area contributed by atoms with E-state index in [2.05, 4.69) is 42.0 Å². The van der Waals surface area contributed by atoms with E-state index in [1.807, 2.05) is 18.2 Å². The molecule has 4 aromatic rings. The largest absolute Gasteiger partial charge is 0.507 e. The number of aromatic hydroxyl groups is 1. The molecule has 1 aromatic heterocycles. The van der Waals surface area contributed by atoms with Gasteiger partial charge in [0.1, 0.15) is 23.0 Å². The average molecular weight is 584 g/mol. The van der Waals surface area contributed by atoms with Crippen molar-refractivity contribution in [1.29, 1.82) is 0 Å². The Morgan fingerprint density at radius 1 is 1.16 bits per heavy atom. The quantitative estimate of drug-likeness (QED) is 0.0944. The minimum absolute atomic E-state index is 0.0853. The molecule has 4 rings (SSSR count). The molecule has 0 fully saturated rings. The number of anilines is 1. The molecule has 1 heterocycles. The second-order valence-electron chi connectivity index (χ2n) is 8.06. The number of nitrogens with zero attached hydrogens (tertiary/aromatic N) is 3. The highest BCUT2D eigenvalue weighted by Crippen LogP contribution is 2.35. The van der Waals surface area contributed by atoms with E-state index < -0.39 is 17.6 Å². The van der Waals surface area contributed by atoms with Crippen LogP contribution in [0.3, 0.4) is 0 Å². The molecule has 0 bridgehead atoms. The summed E-state index contributed by atoms with van der Waals surface area (Å²) in [6, 6.07) is 17.7. The van der Waals surface area contributed by atoms with Gasteiger partial charge in [0.2, 0.25) is 5.84 Å². The molecule has 10 nitrogen and oxygen atoms in total. The van der Waals surface area contributed by atoms with Crippen molar-refractivity contribution >= 4 is 33.4 Å². The number of nitrogens with one attached hydrogen (secondary N) is 2. The SMILES string of the molecule is COc1ccccc1C(CCNC(=O)c1ccccc1O)c1nonc1C(=NO)Nc1ccc(F)c(Br)c1. The second kappa shape index (κ2) is 12.2. The summed E-state index contributed by atoms with van der Waals surface area (Å²) < 4.78 is 24.5. The molecule has 196 valence electrons. The fraction of sp³-hybridized carbons (Fsp3) is 0.154. The summed E-state index contributed by atoms with van der Waals surface area (Å²) in [5.74, 6) is -1.06. The Bertz CT molecular complexity index is 1460. The molecule has 1 atom stereocenters. The van der Waals surface area contributed by atoms with E-state index in [1.165, 1.54) is 37.4 Å². The average Bonchev–Trinajstić information content (AvgIpc) is 3.41. The van der Waals surface area contributed by atoms with E-state index >= 15 is 0 Å². The smallest absolute Gasteiger partial charge is 0.255 e. The number of phenols is 1. The Hall–Kier alpha value is -4.45. The number of benzene rings is 3. The lowest BCUT2D eigenvalue weighted by Gasteiger charge is -2.19. The maximum Gasteiger partial charge on any atom is 0.255 e. The third-order valence-electron chi connectivity index (χ3n) is 5.73. The van der Waals surface area contributed by atoms with Crippen LogP contribution in [0.1, 0.15) is 39.6 Å². The van der Waals surface area contributed by atoms with Crippen LogP contribution in [0.5, 0.6) is 11.5 Å². The van der Waals surface area contributed by atoms with Crippen LogP contribution >= 0.6 is 15.9 Å².